The van der Waals surface area contributed by atoms with Gasteiger partial charge in [-0.25, -0.2) is 4.79 Å². The number of carbonyl (C=O) groups is 3. The summed E-state index contributed by atoms with van der Waals surface area (Å²) in [5, 5.41) is 3.26. The lowest BCUT2D eigenvalue weighted by Gasteiger charge is -2.16. The molecule has 0 saturated heterocycles. The van der Waals surface area contributed by atoms with Crippen molar-refractivity contribution in [3.05, 3.63) is 58.1 Å². The maximum atomic E-state index is 12.5. The number of ether oxygens (including phenoxy) is 3. The molecule has 0 unspecified atom stereocenters. The van der Waals surface area contributed by atoms with Crippen molar-refractivity contribution in [2.45, 2.75) is 13.0 Å². The van der Waals surface area contributed by atoms with E-state index in [1.807, 2.05) is 6.07 Å². The van der Waals surface area contributed by atoms with E-state index in [9.17, 15) is 14.4 Å². The molecule has 28 heavy (non-hydrogen) atoms. The van der Waals surface area contributed by atoms with Crippen molar-refractivity contribution in [3.8, 4) is 11.5 Å². The second-order valence-electron chi connectivity index (χ2n) is 5.80. The third-order valence-corrected chi connectivity index (χ3v) is 4.20. The SMILES string of the molecule is COc1ccc(C=O)c(C(=O)OCC(=O)N[C@@H](C)c2cccc(Cl)c2)c1OC. The van der Waals surface area contributed by atoms with Crippen LogP contribution in [0.3, 0.4) is 0 Å². The van der Waals surface area contributed by atoms with Crippen LogP contribution in [0, 0.1) is 0 Å². The van der Waals surface area contributed by atoms with Crippen molar-refractivity contribution in [2.24, 2.45) is 0 Å². The summed E-state index contributed by atoms with van der Waals surface area (Å²) in [6.45, 7) is 1.25. The zero-order valence-corrected chi connectivity index (χ0v) is 16.4. The first-order chi connectivity index (χ1) is 13.4. The van der Waals surface area contributed by atoms with Crippen LogP contribution in [0.2, 0.25) is 5.02 Å². The lowest BCUT2D eigenvalue weighted by Crippen LogP contribution is -2.31. The Morgan fingerprint density at radius 2 is 1.93 bits per heavy atom. The minimum Gasteiger partial charge on any atom is -0.493 e. The standard InChI is InChI=1S/C20H20ClNO6/c1-12(13-5-4-6-15(21)9-13)22-17(24)11-28-20(25)18-14(10-23)7-8-16(26-2)19(18)27-3/h4-10,12H,11H2,1-3H3,(H,22,24)/t12-/m0/s1. The number of hydrogen-bond acceptors (Lipinski definition) is 6. The molecule has 0 fully saturated rings. The van der Waals surface area contributed by atoms with Gasteiger partial charge in [-0.05, 0) is 36.8 Å². The number of rotatable bonds is 8. The van der Waals surface area contributed by atoms with E-state index in [0.29, 0.717) is 11.3 Å². The molecule has 2 rings (SSSR count). The van der Waals surface area contributed by atoms with Gasteiger partial charge in [0.15, 0.2) is 24.4 Å². The van der Waals surface area contributed by atoms with Gasteiger partial charge in [-0.1, -0.05) is 23.7 Å². The van der Waals surface area contributed by atoms with Gasteiger partial charge < -0.3 is 19.5 Å². The highest BCUT2D eigenvalue weighted by Crippen LogP contribution is 2.33. The summed E-state index contributed by atoms with van der Waals surface area (Å²) in [6.07, 6.45) is 0.500. The summed E-state index contributed by atoms with van der Waals surface area (Å²) in [7, 11) is 2.74. The van der Waals surface area contributed by atoms with Crippen LogP contribution in [0.4, 0.5) is 0 Å². The monoisotopic (exact) mass is 405 g/mol. The molecule has 1 atom stereocenters. The Labute approximate surface area is 167 Å². The molecule has 148 valence electrons. The fraction of sp³-hybridized carbons (Fsp3) is 0.250. The fourth-order valence-electron chi connectivity index (χ4n) is 2.60. The molecule has 1 amide bonds. The molecule has 2 aromatic carbocycles. The van der Waals surface area contributed by atoms with Gasteiger partial charge in [0.05, 0.1) is 20.3 Å². The highest BCUT2D eigenvalue weighted by molar-refractivity contribution is 6.30. The van der Waals surface area contributed by atoms with Gasteiger partial charge in [-0.3, -0.25) is 9.59 Å². The third kappa shape index (κ3) is 5.01. The van der Waals surface area contributed by atoms with E-state index in [1.165, 1.54) is 26.4 Å². The Hall–Kier alpha value is -3.06. The third-order valence-electron chi connectivity index (χ3n) is 3.97. The van der Waals surface area contributed by atoms with Gasteiger partial charge >= 0.3 is 5.97 Å². The molecule has 0 aliphatic carbocycles. The van der Waals surface area contributed by atoms with Crippen molar-refractivity contribution in [1.82, 2.24) is 5.32 Å². The van der Waals surface area contributed by atoms with E-state index >= 15 is 0 Å². The molecule has 0 aromatic heterocycles. The summed E-state index contributed by atoms with van der Waals surface area (Å²) < 4.78 is 15.4. The number of methoxy groups -OCH3 is 2. The average Bonchev–Trinajstić information content (AvgIpc) is 2.70. The van der Waals surface area contributed by atoms with Gasteiger partial charge in [0.1, 0.15) is 5.56 Å². The summed E-state index contributed by atoms with van der Waals surface area (Å²) in [6, 6.07) is 9.63. The molecule has 0 heterocycles. The molecular formula is C20H20ClNO6. The molecule has 1 N–H and O–H groups in total. The fourth-order valence-corrected chi connectivity index (χ4v) is 2.80. The van der Waals surface area contributed by atoms with Gasteiger partial charge in [0.2, 0.25) is 0 Å². The van der Waals surface area contributed by atoms with Crippen molar-refractivity contribution in [1.29, 1.82) is 0 Å². The zero-order valence-electron chi connectivity index (χ0n) is 15.7. The predicted molar refractivity (Wildman–Crippen MR) is 103 cm³/mol. The van der Waals surface area contributed by atoms with Gasteiger partial charge in [0.25, 0.3) is 5.91 Å². The quantitative estimate of drug-likeness (QED) is 0.535. The largest absolute Gasteiger partial charge is 0.493 e. The number of esters is 1. The first-order valence-corrected chi connectivity index (χ1v) is 8.71. The minimum atomic E-state index is -0.872. The van der Waals surface area contributed by atoms with Gasteiger partial charge in [0, 0.05) is 10.6 Å². The summed E-state index contributed by atoms with van der Waals surface area (Å²) >= 11 is 5.95. The van der Waals surface area contributed by atoms with Crippen molar-refractivity contribution >= 4 is 29.8 Å². The number of benzene rings is 2. The Kier molecular flexibility index (Phi) is 7.40. The maximum Gasteiger partial charge on any atom is 0.343 e. The molecule has 2 aromatic rings. The van der Waals surface area contributed by atoms with Crippen molar-refractivity contribution in [3.63, 3.8) is 0 Å². The first kappa shape index (κ1) is 21.2. The van der Waals surface area contributed by atoms with E-state index in [2.05, 4.69) is 5.32 Å². The smallest absolute Gasteiger partial charge is 0.343 e. The number of carbonyl (C=O) groups excluding carboxylic acids is 3. The molecular weight excluding hydrogens is 386 g/mol. The summed E-state index contributed by atoms with van der Waals surface area (Å²) in [5.41, 5.74) is 0.771. The number of aldehydes is 1. The first-order valence-electron chi connectivity index (χ1n) is 8.33. The van der Waals surface area contributed by atoms with Crippen LogP contribution >= 0.6 is 11.6 Å². The van der Waals surface area contributed by atoms with Crippen LogP contribution in [0.5, 0.6) is 11.5 Å². The van der Waals surface area contributed by atoms with E-state index in [-0.39, 0.29) is 28.7 Å². The molecule has 0 bridgehead atoms. The topological polar surface area (TPSA) is 90.9 Å². The zero-order chi connectivity index (χ0) is 20.7. The lowest BCUT2D eigenvalue weighted by molar-refractivity contribution is -0.124. The normalized spacial score (nSPS) is 11.3. The number of nitrogens with one attached hydrogen (secondary N) is 1. The van der Waals surface area contributed by atoms with Gasteiger partial charge in [-0.2, -0.15) is 0 Å². The van der Waals surface area contributed by atoms with Crippen molar-refractivity contribution in [2.75, 3.05) is 20.8 Å². The molecule has 0 radical (unpaired) electrons. The Bertz CT molecular complexity index is 883. The Balaban J connectivity index is 2.07. The number of hydrogen-bond donors (Lipinski definition) is 1. The van der Waals surface area contributed by atoms with Crippen LogP contribution in [0.1, 0.15) is 39.2 Å². The predicted octanol–water partition coefficient (Wildman–Crippen LogP) is 3.20. The highest BCUT2D eigenvalue weighted by atomic mass is 35.5. The van der Waals surface area contributed by atoms with Crippen LogP contribution in [-0.4, -0.2) is 39.0 Å². The number of halogens is 1. The van der Waals surface area contributed by atoms with Crippen LogP contribution in [0.25, 0.3) is 0 Å². The van der Waals surface area contributed by atoms with Crippen LogP contribution < -0.4 is 14.8 Å². The molecule has 8 heteroatoms. The molecule has 0 saturated carbocycles. The van der Waals surface area contributed by atoms with E-state index in [4.69, 9.17) is 25.8 Å². The minimum absolute atomic E-state index is 0.0600. The second kappa shape index (κ2) is 9.75. The summed E-state index contributed by atoms with van der Waals surface area (Å²) in [4.78, 5) is 35.9. The molecule has 0 aliphatic rings. The van der Waals surface area contributed by atoms with E-state index < -0.39 is 18.5 Å². The lowest BCUT2D eigenvalue weighted by atomic mass is 10.1. The van der Waals surface area contributed by atoms with E-state index in [1.54, 1.807) is 25.1 Å². The molecule has 0 spiro atoms. The molecule has 7 nitrogen and oxygen atoms in total. The van der Waals surface area contributed by atoms with E-state index in [0.717, 1.165) is 5.56 Å². The maximum absolute atomic E-state index is 12.5. The average molecular weight is 406 g/mol. The highest BCUT2D eigenvalue weighted by Gasteiger charge is 2.23. The van der Waals surface area contributed by atoms with Gasteiger partial charge in [-0.15, -0.1) is 0 Å². The van der Waals surface area contributed by atoms with Crippen LogP contribution in [0.15, 0.2) is 36.4 Å². The second-order valence-corrected chi connectivity index (χ2v) is 6.24. The molecule has 0 aliphatic heterocycles. The van der Waals surface area contributed by atoms with Crippen LogP contribution in [-0.2, 0) is 9.53 Å². The Morgan fingerprint density at radius 3 is 2.54 bits per heavy atom. The number of amides is 1. The summed E-state index contributed by atoms with van der Waals surface area (Å²) in [5.74, 6) is -1.05. The Morgan fingerprint density at radius 1 is 1.18 bits per heavy atom. The van der Waals surface area contributed by atoms with Crippen molar-refractivity contribution < 1.29 is 28.6 Å².